The van der Waals surface area contributed by atoms with Crippen LogP contribution in [-0.4, -0.2) is 29.0 Å². The fourth-order valence-corrected chi connectivity index (χ4v) is 4.79. The molecule has 4 aromatic carbocycles. The maximum atomic E-state index is 5.43. The molecule has 0 aliphatic heterocycles. The number of methoxy groups -OCH3 is 2. The van der Waals surface area contributed by atoms with Crippen LogP contribution in [0.5, 0.6) is 11.5 Å². The highest BCUT2D eigenvalue weighted by molar-refractivity contribution is 7.98. The number of hydrogen-bond donors (Lipinski definition) is 0. The van der Waals surface area contributed by atoms with Gasteiger partial charge in [0.25, 0.3) is 0 Å². The van der Waals surface area contributed by atoms with Crippen molar-refractivity contribution in [2.75, 3.05) is 14.2 Å². The molecule has 0 bridgehead atoms. The number of rotatable bonds is 7. The molecule has 5 rings (SSSR count). The largest absolute Gasteiger partial charge is 0.497 e. The van der Waals surface area contributed by atoms with E-state index in [9.17, 15) is 0 Å². The molecule has 0 unspecified atom stereocenters. The first-order valence-electron chi connectivity index (χ1n) is 10.6. The zero-order chi connectivity index (χ0) is 22.6. The van der Waals surface area contributed by atoms with Gasteiger partial charge in [0.15, 0.2) is 11.0 Å². The topological polar surface area (TPSA) is 49.2 Å². The molecule has 0 aliphatic carbocycles. The summed E-state index contributed by atoms with van der Waals surface area (Å²) in [6.45, 7) is 0. The van der Waals surface area contributed by atoms with Crippen molar-refractivity contribution in [3.8, 4) is 28.6 Å². The number of fused-ring (bicyclic) bond motifs is 1. The summed E-state index contributed by atoms with van der Waals surface area (Å²) >= 11 is 1.67. The van der Waals surface area contributed by atoms with E-state index in [0.717, 1.165) is 39.5 Å². The first-order chi connectivity index (χ1) is 16.3. The summed E-state index contributed by atoms with van der Waals surface area (Å²) in [6.07, 6.45) is 0. The van der Waals surface area contributed by atoms with Crippen LogP contribution in [0.1, 0.15) is 5.56 Å². The van der Waals surface area contributed by atoms with Gasteiger partial charge in [0.2, 0.25) is 0 Å². The average molecular weight is 454 g/mol. The Bertz CT molecular complexity index is 1390. The number of benzene rings is 4. The van der Waals surface area contributed by atoms with E-state index in [1.165, 1.54) is 16.3 Å². The summed E-state index contributed by atoms with van der Waals surface area (Å²) < 4.78 is 12.9. The van der Waals surface area contributed by atoms with Crippen LogP contribution >= 0.6 is 11.8 Å². The smallest absolute Gasteiger partial charge is 0.196 e. The standard InChI is InChI=1S/C27H23N3O2S/c1-31-23-15-13-22(14-16-23)30-26(20-9-6-11-24(17-20)32-2)28-29-27(30)33-18-21-10-5-8-19-7-3-4-12-25(19)21/h3-17H,18H2,1-2H3. The van der Waals surface area contributed by atoms with E-state index in [1.54, 1.807) is 26.0 Å². The predicted octanol–water partition coefficient (Wildman–Crippen LogP) is 6.40. The van der Waals surface area contributed by atoms with Crippen LogP contribution in [-0.2, 0) is 5.75 Å². The Morgan fingerprint density at radius 2 is 1.52 bits per heavy atom. The van der Waals surface area contributed by atoms with Crippen molar-refractivity contribution < 1.29 is 9.47 Å². The fraction of sp³-hybridized carbons (Fsp3) is 0.111. The van der Waals surface area contributed by atoms with Crippen LogP contribution in [0.3, 0.4) is 0 Å². The molecule has 33 heavy (non-hydrogen) atoms. The highest BCUT2D eigenvalue weighted by Crippen LogP contribution is 2.33. The van der Waals surface area contributed by atoms with Crippen molar-refractivity contribution in [2.45, 2.75) is 10.9 Å². The van der Waals surface area contributed by atoms with E-state index in [0.29, 0.717) is 0 Å². The lowest BCUT2D eigenvalue weighted by atomic mass is 10.1. The van der Waals surface area contributed by atoms with Crippen molar-refractivity contribution in [2.24, 2.45) is 0 Å². The minimum Gasteiger partial charge on any atom is -0.497 e. The van der Waals surface area contributed by atoms with E-state index in [4.69, 9.17) is 9.47 Å². The second-order valence-corrected chi connectivity index (χ2v) is 8.44. The summed E-state index contributed by atoms with van der Waals surface area (Å²) in [5, 5.41) is 12.5. The zero-order valence-corrected chi connectivity index (χ0v) is 19.3. The second kappa shape index (κ2) is 9.38. The van der Waals surface area contributed by atoms with E-state index in [2.05, 4.69) is 57.2 Å². The lowest BCUT2D eigenvalue weighted by molar-refractivity contribution is 0.414. The van der Waals surface area contributed by atoms with Crippen LogP contribution < -0.4 is 9.47 Å². The number of thioether (sulfide) groups is 1. The molecule has 164 valence electrons. The third kappa shape index (κ3) is 4.30. The summed E-state index contributed by atoms with van der Waals surface area (Å²) in [7, 11) is 3.33. The minimum absolute atomic E-state index is 0.763. The first-order valence-corrected chi connectivity index (χ1v) is 11.6. The minimum atomic E-state index is 0.763. The van der Waals surface area contributed by atoms with Gasteiger partial charge in [0, 0.05) is 17.0 Å². The Morgan fingerprint density at radius 1 is 0.758 bits per heavy atom. The van der Waals surface area contributed by atoms with E-state index in [-0.39, 0.29) is 0 Å². The molecule has 0 saturated carbocycles. The van der Waals surface area contributed by atoms with Gasteiger partial charge in [-0.05, 0) is 52.7 Å². The maximum Gasteiger partial charge on any atom is 0.196 e. The fourth-order valence-electron chi connectivity index (χ4n) is 3.84. The number of hydrogen-bond acceptors (Lipinski definition) is 5. The van der Waals surface area contributed by atoms with Crippen molar-refractivity contribution in [3.05, 3.63) is 96.6 Å². The Hall–Kier alpha value is -3.77. The van der Waals surface area contributed by atoms with Gasteiger partial charge < -0.3 is 9.47 Å². The van der Waals surface area contributed by atoms with Crippen LogP contribution in [0, 0.1) is 0 Å². The summed E-state index contributed by atoms with van der Waals surface area (Å²) in [5.41, 5.74) is 3.18. The van der Waals surface area contributed by atoms with Crippen LogP contribution in [0.2, 0.25) is 0 Å². The molecule has 5 aromatic rings. The van der Waals surface area contributed by atoms with Gasteiger partial charge in [-0.2, -0.15) is 0 Å². The molecule has 0 spiro atoms. The lowest BCUT2D eigenvalue weighted by Gasteiger charge is -2.12. The molecule has 1 aromatic heterocycles. The average Bonchev–Trinajstić information content (AvgIpc) is 3.31. The van der Waals surface area contributed by atoms with Gasteiger partial charge in [-0.3, -0.25) is 4.57 Å². The maximum absolute atomic E-state index is 5.43. The van der Waals surface area contributed by atoms with Gasteiger partial charge in [-0.15, -0.1) is 10.2 Å². The molecule has 0 radical (unpaired) electrons. The van der Waals surface area contributed by atoms with E-state index in [1.807, 2.05) is 48.5 Å². The Kier molecular flexibility index (Phi) is 6.00. The Labute approximate surface area is 197 Å². The van der Waals surface area contributed by atoms with Gasteiger partial charge in [-0.25, -0.2) is 0 Å². The third-order valence-corrected chi connectivity index (χ3v) is 6.51. The van der Waals surface area contributed by atoms with Crippen molar-refractivity contribution >= 4 is 22.5 Å². The number of nitrogens with zero attached hydrogens (tertiary/aromatic N) is 3. The van der Waals surface area contributed by atoms with Crippen molar-refractivity contribution in [3.63, 3.8) is 0 Å². The first kappa shape index (κ1) is 21.1. The van der Waals surface area contributed by atoms with Crippen LogP contribution in [0.15, 0.2) is 96.2 Å². The zero-order valence-electron chi connectivity index (χ0n) is 18.4. The van der Waals surface area contributed by atoms with E-state index >= 15 is 0 Å². The molecule has 0 N–H and O–H groups in total. The van der Waals surface area contributed by atoms with Crippen LogP contribution in [0.4, 0.5) is 0 Å². The van der Waals surface area contributed by atoms with Gasteiger partial charge >= 0.3 is 0 Å². The molecule has 1 heterocycles. The Balaban J connectivity index is 1.55. The van der Waals surface area contributed by atoms with Gasteiger partial charge in [-0.1, -0.05) is 66.4 Å². The molecule has 0 atom stereocenters. The normalized spacial score (nSPS) is 11.0. The lowest BCUT2D eigenvalue weighted by Crippen LogP contribution is -2.00. The number of ether oxygens (including phenoxy) is 2. The summed E-state index contributed by atoms with van der Waals surface area (Å²) in [4.78, 5) is 0. The predicted molar refractivity (Wildman–Crippen MR) is 133 cm³/mol. The third-order valence-electron chi connectivity index (χ3n) is 5.53. The molecule has 0 aliphatic rings. The second-order valence-electron chi connectivity index (χ2n) is 7.50. The quantitative estimate of drug-likeness (QED) is 0.267. The number of aromatic nitrogens is 3. The van der Waals surface area contributed by atoms with Gasteiger partial charge in [0.05, 0.1) is 14.2 Å². The van der Waals surface area contributed by atoms with Crippen LogP contribution in [0.25, 0.3) is 27.8 Å². The molecule has 5 nitrogen and oxygen atoms in total. The highest BCUT2D eigenvalue weighted by atomic mass is 32.2. The summed E-state index contributed by atoms with van der Waals surface area (Å²) in [6, 6.07) is 30.7. The van der Waals surface area contributed by atoms with E-state index < -0.39 is 0 Å². The molecule has 0 saturated heterocycles. The molecule has 6 heteroatoms. The highest BCUT2D eigenvalue weighted by Gasteiger charge is 2.17. The SMILES string of the molecule is COc1ccc(-n2c(SCc3cccc4ccccc34)nnc2-c2cccc(OC)c2)cc1. The molecule has 0 amide bonds. The van der Waals surface area contributed by atoms with Crippen molar-refractivity contribution in [1.29, 1.82) is 0 Å². The molecular weight excluding hydrogens is 430 g/mol. The van der Waals surface area contributed by atoms with Crippen molar-refractivity contribution in [1.82, 2.24) is 14.8 Å². The molecular formula is C27H23N3O2S. The summed E-state index contributed by atoms with van der Waals surface area (Å²) in [5.74, 6) is 3.13. The molecule has 0 fully saturated rings. The Morgan fingerprint density at radius 3 is 2.33 bits per heavy atom. The van der Waals surface area contributed by atoms with Gasteiger partial charge in [0.1, 0.15) is 11.5 Å². The monoisotopic (exact) mass is 453 g/mol.